The minimum atomic E-state index is -0.237. The Morgan fingerprint density at radius 1 is 1.71 bits per heavy atom. The van der Waals surface area contributed by atoms with E-state index in [2.05, 4.69) is 10.4 Å². The highest BCUT2D eigenvalue weighted by Gasteiger charge is 2.21. The number of hydrogen-bond donors (Lipinski definition) is 1. The molecule has 0 saturated carbocycles. The van der Waals surface area contributed by atoms with Gasteiger partial charge in [-0.05, 0) is 14.0 Å². The Kier molecular flexibility index (Phi) is 3.24. The molecule has 1 atom stereocenters. The maximum absolute atomic E-state index is 11.8. The first-order valence-electron chi connectivity index (χ1n) is 4.39. The van der Waals surface area contributed by atoms with Crippen LogP contribution in [0.1, 0.15) is 17.4 Å². The lowest BCUT2D eigenvalue weighted by Crippen LogP contribution is -2.32. The summed E-state index contributed by atoms with van der Waals surface area (Å²) in [5.74, 6) is 0.490. The Hall–Kier alpha value is -1.36. The first-order chi connectivity index (χ1) is 6.61. The first-order valence-corrected chi connectivity index (χ1v) is 4.39. The normalized spacial score (nSPS) is 12.6. The molecule has 1 aromatic rings. The van der Waals surface area contributed by atoms with Gasteiger partial charge in [-0.2, -0.15) is 5.10 Å². The summed E-state index contributed by atoms with van der Waals surface area (Å²) in [4.78, 5) is 11.8. The van der Waals surface area contributed by atoms with Gasteiger partial charge in [-0.15, -0.1) is 0 Å². The fraction of sp³-hybridized carbons (Fsp3) is 0.556. The molecule has 1 heterocycles. The Bertz CT molecular complexity index is 333. The molecule has 0 aliphatic heterocycles. The van der Waals surface area contributed by atoms with Crippen molar-refractivity contribution in [2.45, 2.75) is 13.0 Å². The van der Waals surface area contributed by atoms with E-state index < -0.39 is 0 Å². The molecule has 0 aromatic carbocycles. The van der Waals surface area contributed by atoms with Crippen LogP contribution in [0.4, 0.5) is 0 Å². The van der Waals surface area contributed by atoms with Gasteiger partial charge in [0.15, 0.2) is 5.75 Å². The van der Waals surface area contributed by atoms with Crippen molar-refractivity contribution in [1.82, 2.24) is 15.1 Å². The molecule has 0 saturated heterocycles. The summed E-state index contributed by atoms with van der Waals surface area (Å²) in [7, 11) is 4.99. The summed E-state index contributed by atoms with van der Waals surface area (Å²) in [6, 6.07) is -0.237. The number of nitrogens with one attached hydrogen (secondary N) is 1. The van der Waals surface area contributed by atoms with Crippen molar-refractivity contribution in [1.29, 1.82) is 0 Å². The number of rotatable bonds is 4. The zero-order valence-corrected chi connectivity index (χ0v) is 8.87. The number of Topliss-reactive ketones (excluding diaryl/α,β-unsaturated/α-hetero) is 1. The maximum atomic E-state index is 11.8. The van der Waals surface area contributed by atoms with Gasteiger partial charge in [0.05, 0.1) is 19.3 Å². The number of nitrogens with zero attached hydrogens (tertiary/aromatic N) is 2. The topological polar surface area (TPSA) is 56.1 Å². The van der Waals surface area contributed by atoms with E-state index in [0.717, 1.165) is 0 Å². The number of methoxy groups -OCH3 is 1. The van der Waals surface area contributed by atoms with Crippen LogP contribution in [0.3, 0.4) is 0 Å². The van der Waals surface area contributed by atoms with Crippen LogP contribution in [0.5, 0.6) is 5.75 Å². The summed E-state index contributed by atoms with van der Waals surface area (Å²) < 4.78 is 6.57. The van der Waals surface area contributed by atoms with E-state index in [1.165, 1.54) is 18.0 Å². The number of carbonyl (C=O) groups is 1. The van der Waals surface area contributed by atoms with Crippen molar-refractivity contribution in [3.8, 4) is 5.75 Å². The molecule has 0 amide bonds. The molecular formula is C9H15N3O2. The van der Waals surface area contributed by atoms with Crippen LogP contribution in [0.2, 0.25) is 0 Å². The van der Waals surface area contributed by atoms with E-state index in [0.29, 0.717) is 11.4 Å². The second kappa shape index (κ2) is 4.23. The van der Waals surface area contributed by atoms with E-state index in [-0.39, 0.29) is 11.8 Å². The van der Waals surface area contributed by atoms with Gasteiger partial charge in [0, 0.05) is 7.05 Å². The summed E-state index contributed by atoms with van der Waals surface area (Å²) in [6.45, 7) is 1.80. The lowest BCUT2D eigenvalue weighted by Gasteiger charge is -2.10. The van der Waals surface area contributed by atoms with Gasteiger partial charge >= 0.3 is 0 Å². The van der Waals surface area contributed by atoms with Gasteiger partial charge in [-0.3, -0.25) is 9.48 Å². The predicted molar refractivity (Wildman–Crippen MR) is 52.6 cm³/mol. The van der Waals surface area contributed by atoms with E-state index in [4.69, 9.17) is 4.74 Å². The average Bonchev–Trinajstić information content (AvgIpc) is 2.57. The smallest absolute Gasteiger partial charge is 0.201 e. The van der Waals surface area contributed by atoms with Gasteiger partial charge in [0.1, 0.15) is 5.69 Å². The Labute approximate surface area is 83.1 Å². The van der Waals surface area contributed by atoms with Crippen molar-refractivity contribution >= 4 is 5.78 Å². The van der Waals surface area contributed by atoms with Crippen LogP contribution in [-0.2, 0) is 7.05 Å². The summed E-state index contributed by atoms with van der Waals surface area (Å²) in [5, 5.41) is 6.85. The molecule has 78 valence electrons. The minimum absolute atomic E-state index is 0.0237. The predicted octanol–water partition coefficient (Wildman–Crippen LogP) is 0.219. The molecule has 5 heteroatoms. The summed E-state index contributed by atoms with van der Waals surface area (Å²) in [6.07, 6.45) is 1.54. The third-order valence-corrected chi connectivity index (χ3v) is 2.18. The van der Waals surface area contributed by atoms with Crippen molar-refractivity contribution in [3.05, 3.63) is 11.9 Å². The molecule has 0 aliphatic carbocycles. The van der Waals surface area contributed by atoms with Crippen molar-refractivity contribution in [2.75, 3.05) is 14.2 Å². The number of hydrogen-bond acceptors (Lipinski definition) is 4. The van der Waals surface area contributed by atoms with Gasteiger partial charge in [-0.25, -0.2) is 0 Å². The average molecular weight is 197 g/mol. The Morgan fingerprint density at radius 3 is 2.86 bits per heavy atom. The third-order valence-electron chi connectivity index (χ3n) is 2.18. The molecule has 14 heavy (non-hydrogen) atoms. The van der Waals surface area contributed by atoms with E-state index in [9.17, 15) is 4.79 Å². The van der Waals surface area contributed by atoms with Gasteiger partial charge in [-0.1, -0.05) is 0 Å². The number of ether oxygens (including phenoxy) is 1. The fourth-order valence-electron chi connectivity index (χ4n) is 1.18. The molecule has 1 rings (SSSR count). The van der Waals surface area contributed by atoms with E-state index >= 15 is 0 Å². The number of carbonyl (C=O) groups excluding carboxylic acids is 1. The number of aromatic nitrogens is 2. The highest BCUT2D eigenvalue weighted by atomic mass is 16.5. The lowest BCUT2D eigenvalue weighted by molar-refractivity contribution is 0.0942. The molecule has 0 bridgehead atoms. The second-order valence-corrected chi connectivity index (χ2v) is 3.06. The van der Waals surface area contributed by atoms with Crippen molar-refractivity contribution in [2.24, 2.45) is 7.05 Å². The van der Waals surface area contributed by atoms with Crippen LogP contribution in [-0.4, -0.2) is 35.8 Å². The molecule has 0 aliphatic rings. The van der Waals surface area contributed by atoms with Gasteiger partial charge in [0.25, 0.3) is 0 Å². The van der Waals surface area contributed by atoms with E-state index in [1.807, 2.05) is 0 Å². The minimum Gasteiger partial charge on any atom is -0.493 e. The van der Waals surface area contributed by atoms with Crippen LogP contribution >= 0.6 is 0 Å². The molecule has 1 unspecified atom stereocenters. The first kappa shape index (κ1) is 10.7. The summed E-state index contributed by atoms with van der Waals surface area (Å²) >= 11 is 0. The van der Waals surface area contributed by atoms with Crippen molar-refractivity contribution in [3.63, 3.8) is 0 Å². The number of ketones is 1. The highest BCUT2D eigenvalue weighted by molar-refractivity contribution is 6.00. The van der Waals surface area contributed by atoms with Gasteiger partial charge in [0.2, 0.25) is 5.78 Å². The lowest BCUT2D eigenvalue weighted by atomic mass is 10.1. The van der Waals surface area contributed by atoms with Crippen molar-refractivity contribution < 1.29 is 9.53 Å². The van der Waals surface area contributed by atoms with Crippen LogP contribution < -0.4 is 10.1 Å². The second-order valence-electron chi connectivity index (χ2n) is 3.06. The third kappa shape index (κ3) is 1.77. The fourth-order valence-corrected chi connectivity index (χ4v) is 1.18. The number of likely N-dealkylation sites (N-methyl/N-ethyl adjacent to an activating group) is 1. The zero-order chi connectivity index (χ0) is 10.7. The molecular weight excluding hydrogens is 182 g/mol. The Balaban J connectivity index is 3.04. The van der Waals surface area contributed by atoms with Crippen LogP contribution in [0.15, 0.2) is 6.20 Å². The quantitative estimate of drug-likeness (QED) is 0.701. The highest BCUT2D eigenvalue weighted by Crippen LogP contribution is 2.17. The molecule has 1 N–H and O–H groups in total. The molecule has 0 spiro atoms. The molecule has 5 nitrogen and oxygen atoms in total. The van der Waals surface area contributed by atoms with Crippen LogP contribution in [0, 0.1) is 0 Å². The van der Waals surface area contributed by atoms with E-state index in [1.54, 1.807) is 21.0 Å². The molecule has 0 radical (unpaired) electrons. The van der Waals surface area contributed by atoms with Crippen LogP contribution in [0.25, 0.3) is 0 Å². The molecule has 0 fully saturated rings. The maximum Gasteiger partial charge on any atom is 0.201 e. The number of aryl methyl sites for hydroxylation is 1. The van der Waals surface area contributed by atoms with Gasteiger partial charge < -0.3 is 10.1 Å². The largest absolute Gasteiger partial charge is 0.493 e. The monoisotopic (exact) mass is 197 g/mol. The Morgan fingerprint density at radius 2 is 2.36 bits per heavy atom. The standard InChI is InChI=1S/C9H15N3O2/c1-6(10-2)9(13)8-7(14-4)5-11-12(8)3/h5-6,10H,1-4H3. The molecule has 1 aromatic heterocycles. The summed E-state index contributed by atoms with van der Waals surface area (Å²) in [5.41, 5.74) is 0.495. The zero-order valence-electron chi connectivity index (χ0n) is 8.87. The SMILES string of the molecule is CNC(C)C(=O)c1c(OC)cnn1C.